The second-order valence-electron chi connectivity index (χ2n) is 6.10. The number of hydrogen-bond acceptors (Lipinski definition) is 2. The molecule has 0 saturated carbocycles. The van der Waals surface area contributed by atoms with E-state index in [1.165, 1.54) is 0 Å². The average molecular weight is 277 g/mol. The Labute approximate surface area is 122 Å². The summed E-state index contributed by atoms with van der Waals surface area (Å²) in [6.45, 7) is 12.3. The Morgan fingerprint density at radius 2 is 1.70 bits per heavy atom. The van der Waals surface area contributed by atoms with Gasteiger partial charge in [-0.2, -0.15) is 0 Å². The quantitative estimate of drug-likeness (QED) is 0.863. The van der Waals surface area contributed by atoms with Crippen LogP contribution < -0.4 is 10.1 Å². The maximum atomic E-state index is 12.2. The molecule has 0 bridgehead atoms. The number of hydrogen-bond donors (Lipinski definition) is 1. The summed E-state index contributed by atoms with van der Waals surface area (Å²) in [5.41, 5.74) is 1.12. The number of benzene rings is 1. The first-order valence-corrected chi connectivity index (χ1v) is 7.35. The smallest absolute Gasteiger partial charge is 0.261 e. The Morgan fingerprint density at radius 3 is 2.20 bits per heavy atom. The highest BCUT2D eigenvalue weighted by molar-refractivity contribution is 5.81. The first kappa shape index (κ1) is 16.5. The number of aryl methyl sites for hydroxylation is 1. The molecule has 0 saturated heterocycles. The molecule has 3 heteroatoms. The number of amides is 1. The van der Waals surface area contributed by atoms with Gasteiger partial charge in [-0.3, -0.25) is 4.79 Å². The van der Waals surface area contributed by atoms with Gasteiger partial charge in [0.15, 0.2) is 6.10 Å². The molecule has 1 N–H and O–H groups in total. The number of rotatable bonds is 6. The molecule has 1 aromatic rings. The fourth-order valence-electron chi connectivity index (χ4n) is 2.33. The predicted octanol–water partition coefficient (Wildman–Crippen LogP) is 3.56. The van der Waals surface area contributed by atoms with E-state index >= 15 is 0 Å². The standard InChI is InChI=1S/C17H27NO2/c1-11(2)16(12(3)4)18-17(19)14(6)20-15-9-7-8-13(5)10-15/h7-12,14,16H,1-6H3,(H,18,19)/t14-/m0/s1. The Hall–Kier alpha value is -1.51. The maximum absolute atomic E-state index is 12.2. The van der Waals surface area contributed by atoms with E-state index in [1.54, 1.807) is 6.92 Å². The van der Waals surface area contributed by atoms with Crippen molar-refractivity contribution in [3.63, 3.8) is 0 Å². The second kappa shape index (κ2) is 7.32. The zero-order valence-electron chi connectivity index (χ0n) is 13.4. The second-order valence-corrected chi connectivity index (χ2v) is 6.10. The highest BCUT2D eigenvalue weighted by Gasteiger charge is 2.23. The van der Waals surface area contributed by atoms with Crippen LogP contribution in [-0.2, 0) is 4.79 Å². The fraction of sp³-hybridized carbons (Fsp3) is 0.588. The number of carbonyl (C=O) groups excluding carboxylic acids is 1. The van der Waals surface area contributed by atoms with Gasteiger partial charge in [0.05, 0.1) is 0 Å². The van der Waals surface area contributed by atoms with Crippen molar-refractivity contribution in [2.45, 2.75) is 53.7 Å². The molecule has 1 aromatic carbocycles. The van der Waals surface area contributed by atoms with Crippen molar-refractivity contribution < 1.29 is 9.53 Å². The van der Waals surface area contributed by atoms with Gasteiger partial charge in [-0.1, -0.05) is 39.8 Å². The van der Waals surface area contributed by atoms with E-state index in [-0.39, 0.29) is 11.9 Å². The third kappa shape index (κ3) is 4.87. The Morgan fingerprint density at radius 1 is 1.10 bits per heavy atom. The molecule has 0 unspecified atom stereocenters. The SMILES string of the molecule is Cc1cccc(O[C@@H](C)C(=O)NC(C(C)C)C(C)C)c1. The monoisotopic (exact) mass is 277 g/mol. The van der Waals surface area contributed by atoms with Gasteiger partial charge >= 0.3 is 0 Å². The molecular formula is C17H27NO2. The van der Waals surface area contributed by atoms with Crippen molar-refractivity contribution in [3.8, 4) is 5.75 Å². The summed E-state index contributed by atoms with van der Waals surface area (Å²) in [6, 6.07) is 7.92. The molecular weight excluding hydrogens is 250 g/mol. The van der Waals surface area contributed by atoms with E-state index in [1.807, 2.05) is 31.2 Å². The molecule has 0 aliphatic rings. The Bertz CT molecular complexity index is 432. The van der Waals surface area contributed by atoms with Gasteiger partial charge < -0.3 is 10.1 Å². The van der Waals surface area contributed by atoms with Crippen LogP contribution in [0.2, 0.25) is 0 Å². The summed E-state index contributed by atoms with van der Waals surface area (Å²) in [5.74, 6) is 1.49. The zero-order valence-corrected chi connectivity index (χ0v) is 13.4. The lowest BCUT2D eigenvalue weighted by Crippen LogP contribution is -2.47. The summed E-state index contributed by atoms with van der Waals surface area (Å²) in [7, 11) is 0. The molecule has 1 atom stereocenters. The lowest BCUT2D eigenvalue weighted by atomic mass is 9.93. The van der Waals surface area contributed by atoms with Crippen molar-refractivity contribution in [3.05, 3.63) is 29.8 Å². The molecule has 1 rings (SSSR count). The van der Waals surface area contributed by atoms with Gasteiger partial charge in [0.25, 0.3) is 5.91 Å². The van der Waals surface area contributed by atoms with Crippen LogP contribution in [0.5, 0.6) is 5.75 Å². The number of ether oxygens (including phenoxy) is 1. The van der Waals surface area contributed by atoms with E-state index in [2.05, 4.69) is 33.0 Å². The minimum Gasteiger partial charge on any atom is -0.481 e. The lowest BCUT2D eigenvalue weighted by Gasteiger charge is -2.27. The van der Waals surface area contributed by atoms with Crippen LogP contribution >= 0.6 is 0 Å². The Kier molecular flexibility index (Phi) is 6.05. The molecule has 0 aliphatic carbocycles. The van der Waals surface area contributed by atoms with Crippen LogP contribution in [0.1, 0.15) is 40.2 Å². The van der Waals surface area contributed by atoms with E-state index in [9.17, 15) is 4.79 Å². The predicted molar refractivity (Wildman–Crippen MR) is 82.9 cm³/mol. The molecule has 20 heavy (non-hydrogen) atoms. The van der Waals surface area contributed by atoms with Crippen LogP contribution in [0.4, 0.5) is 0 Å². The highest BCUT2D eigenvalue weighted by atomic mass is 16.5. The fourth-order valence-corrected chi connectivity index (χ4v) is 2.33. The number of carbonyl (C=O) groups is 1. The van der Waals surface area contributed by atoms with E-state index in [0.717, 1.165) is 11.3 Å². The summed E-state index contributed by atoms with van der Waals surface area (Å²) in [6.07, 6.45) is -0.489. The van der Waals surface area contributed by atoms with Crippen molar-refractivity contribution in [1.29, 1.82) is 0 Å². The van der Waals surface area contributed by atoms with Gasteiger partial charge in [0.1, 0.15) is 5.75 Å². The van der Waals surface area contributed by atoms with Gasteiger partial charge in [0, 0.05) is 6.04 Å². The van der Waals surface area contributed by atoms with Crippen molar-refractivity contribution >= 4 is 5.91 Å². The molecule has 0 aliphatic heterocycles. The molecule has 1 amide bonds. The average Bonchev–Trinajstić information content (AvgIpc) is 2.34. The normalized spacial score (nSPS) is 12.8. The van der Waals surface area contributed by atoms with E-state index in [0.29, 0.717) is 11.8 Å². The Balaban J connectivity index is 2.63. The largest absolute Gasteiger partial charge is 0.481 e. The van der Waals surface area contributed by atoms with Crippen molar-refractivity contribution in [2.24, 2.45) is 11.8 Å². The molecule has 0 aromatic heterocycles. The summed E-state index contributed by atoms with van der Waals surface area (Å²) < 4.78 is 5.71. The number of nitrogens with one attached hydrogen (secondary N) is 1. The van der Waals surface area contributed by atoms with Crippen LogP contribution in [0.25, 0.3) is 0 Å². The first-order chi connectivity index (χ1) is 9.31. The molecule has 0 spiro atoms. The van der Waals surface area contributed by atoms with Crippen LogP contribution in [0.3, 0.4) is 0 Å². The van der Waals surface area contributed by atoms with Crippen molar-refractivity contribution in [1.82, 2.24) is 5.32 Å². The van der Waals surface area contributed by atoms with Crippen LogP contribution in [0.15, 0.2) is 24.3 Å². The molecule has 112 valence electrons. The topological polar surface area (TPSA) is 38.3 Å². The van der Waals surface area contributed by atoms with Crippen molar-refractivity contribution in [2.75, 3.05) is 0 Å². The summed E-state index contributed by atoms with van der Waals surface area (Å²) >= 11 is 0. The third-order valence-electron chi connectivity index (χ3n) is 3.42. The van der Waals surface area contributed by atoms with Gasteiger partial charge in [-0.05, 0) is 43.4 Å². The maximum Gasteiger partial charge on any atom is 0.261 e. The summed E-state index contributed by atoms with van der Waals surface area (Å²) in [4.78, 5) is 12.2. The molecule has 0 heterocycles. The minimum absolute atomic E-state index is 0.0566. The molecule has 3 nitrogen and oxygen atoms in total. The zero-order chi connectivity index (χ0) is 15.3. The van der Waals surface area contributed by atoms with Gasteiger partial charge in [0.2, 0.25) is 0 Å². The van der Waals surface area contributed by atoms with Gasteiger partial charge in [-0.15, -0.1) is 0 Å². The van der Waals surface area contributed by atoms with Crippen LogP contribution in [0, 0.1) is 18.8 Å². The minimum atomic E-state index is -0.489. The summed E-state index contributed by atoms with van der Waals surface area (Å²) in [5, 5.41) is 3.09. The van der Waals surface area contributed by atoms with E-state index in [4.69, 9.17) is 4.74 Å². The molecule has 0 fully saturated rings. The third-order valence-corrected chi connectivity index (χ3v) is 3.42. The first-order valence-electron chi connectivity index (χ1n) is 7.35. The highest BCUT2D eigenvalue weighted by Crippen LogP contribution is 2.16. The lowest BCUT2D eigenvalue weighted by molar-refractivity contribution is -0.128. The van der Waals surface area contributed by atoms with E-state index < -0.39 is 6.10 Å². The van der Waals surface area contributed by atoms with Gasteiger partial charge in [-0.25, -0.2) is 0 Å². The van der Waals surface area contributed by atoms with Crippen LogP contribution in [-0.4, -0.2) is 18.1 Å². The molecule has 0 radical (unpaired) electrons.